The van der Waals surface area contributed by atoms with Crippen molar-refractivity contribution in [3.63, 3.8) is 0 Å². The number of piperidine rings is 1. The van der Waals surface area contributed by atoms with Crippen LogP contribution in [0.4, 0.5) is 0 Å². The fraction of sp³-hybridized carbons (Fsp3) is 0.529. The van der Waals surface area contributed by atoms with Gasteiger partial charge in [-0.15, -0.1) is 0 Å². The number of aliphatic hydroxyl groups excluding tert-OH is 1. The van der Waals surface area contributed by atoms with Gasteiger partial charge in [-0.25, -0.2) is 0 Å². The number of imide groups is 1. The van der Waals surface area contributed by atoms with Gasteiger partial charge in [0.05, 0.1) is 24.5 Å². The molecule has 4 heterocycles. The van der Waals surface area contributed by atoms with E-state index in [4.69, 9.17) is 9.15 Å². The van der Waals surface area contributed by atoms with E-state index in [1.807, 2.05) is 18.2 Å². The quantitative estimate of drug-likeness (QED) is 0.330. The molecule has 7 nitrogen and oxygen atoms in total. The molecule has 1 N–H and O–H groups in total. The highest BCUT2D eigenvalue weighted by Crippen LogP contribution is 2.51. The third-order valence-electron chi connectivity index (χ3n) is 9.67. The monoisotopic (exact) mass is 558 g/mol. The van der Waals surface area contributed by atoms with Crippen LogP contribution in [0.15, 0.2) is 63.6 Å². The first kappa shape index (κ1) is 28.1. The molecular formula is C34H42N2O5. The van der Waals surface area contributed by atoms with Crippen molar-refractivity contribution in [3.8, 4) is 0 Å². The largest absolute Gasteiger partial charge is 0.459 e. The molecule has 4 atom stereocenters. The van der Waals surface area contributed by atoms with Crippen LogP contribution in [0.2, 0.25) is 0 Å². The molecule has 3 fully saturated rings. The lowest BCUT2D eigenvalue weighted by Crippen LogP contribution is -2.47. The number of benzene rings is 1. The molecule has 1 aromatic carbocycles. The van der Waals surface area contributed by atoms with Gasteiger partial charge in [-0.3, -0.25) is 19.4 Å². The van der Waals surface area contributed by atoms with Crippen LogP contribution >= 0.6 is 0 Å². The lowest BCUT2D eigenvalue weighted by Gasteiger charge is -2.36. The van der Waals surface area contributed by atoms with Crippen LogP contribution in [0.25, 0.3) is 6.08 Å². The second-order valence-electron chi connectivity index (χ2n) is 12.2. The fourth-order valence-electron chi connectivity index (χ4n) is 7.60. The van der Waals surface area contributed by atoms with Gasteiger partial charge in [0.2, 0.25) is 11.8 Å². The highest BCUT2D eigenvalue weighted by atomic mass is 16.5. The molecule has 1 aromatic heterocycles. The normalized spacial score (nSPS) is 27.6. The molecule has 1 aliphatic carbocycles. The molecule has 0 unspecified atom stereocenters. The molecule has 0 bridgehead atoms. The van der Waals surface area contributed by atoms with Crippen LogP contribution in [-0.4, -0.2) is 58.6 Å². The van der Waals surface area contributed by atoms with E-state index < -0.39 is 0 Å². The number of rotatable bonds is 9. The maximum atomic E-state index is 13.9. The van der Waals surface area contributed by atoms with Crippen LogP contribution in [-0.2, 0) is 27.5 Å². The van der Waals surface area contributed by atoms with Crippen molar-refractivity contribution in [2.45, 2.75) is 77.7 Å². The molecule has 2 aromatic rings. The van der Waals surface area contributed by atoms with Crippen LogP contribution < -0.4 is 0 Å². The highest BCUT2D eigenvalue weighted by Gasteiger charge is 2.58. The van der Waals surface area contributed by atoms with Gasteiger partial charge < -0.3 is 14.3 Å². The van der Waals surface area contributed by atoms with Crippen molar-refractivity contribution in [2.24, 2.45) is 17.8 Å². The second-order valence-corrected chi connectivity index (χ2v) is 12.2. The third-order valence-corrected chi connectivity index (χ3v) is 9.67. The second kappa shape index (κ2) is 12.1. The third kappa shape index (κ3) is 5.60. The van der Waals surface area contributed by atoms with Crippen LogP contribution in [0, 0.1) is 17.8 Å². The van der Waals surface area contributed by atoms with Gasteiger partial charge in [0.15, 0.2) is 0 Å². The van der Waals surface area contributed by atoms with Crippen molar-refractivity contribution in [2.75, 3.05) is 19.7 Å². The number of carbonyl (C=O) groups excluding carboxylic acids is 2. The molecule has 218 valence electrons. The van der Waals surface area contributed by atoms with Crippen molar-refractivity contribution < 1.29 is 23.8 Å². The lowest BCUT2D eigenvalue weighted by atomic mass is 9.69. The molecule has 3 aliphatic heterocycles. The Balaban J connectivity index is 1.11. The Bertz CT molecular complexity index is 1320. The van der Waals surface area contributed by atoms with Gasteiger partial charge in [0, 0.05) is 31.6 Å². The average Bonchev–Trinajstić information content (AvgIpc) is 3.69. The Kier molecular flexibility index (Phi) is 8.29. The molecule has 41 heavy (non-hydrogen) atoms. The summed E-state index contributed by atoms with van der Waals surface area (Å²) in [4.78, 5) is 31.8. The van der Waals surface area contributed by atoms with E-state index in [-0.39, 0.29) is 48.3 Å². The zero-order valence-corrected chi connectivity index (χ0v) is 24.3. The van der Waals surface area contributed by atoms with Gasteiger partial charge in [0.1, 0.15) is 18.1 Å². The van der Waals surface area contributed by atoms with Gasteiger partial charge in [-0.2, -0.15) is 0 Å². The van der Waals surface area contributed by atoms with E-state index in [0.717, 1.165) is 57.5 Å². The topological polar surface area (TPSA) is 83.2 Å². The SMILES string of the molecule is CCC1=C2[C@@H](CC/C(C)=C/c3ccc(CO)o3)OC[C@@H]2[C@@H]2C(=O)N(C3CCN(Cc4ccccc4)CC3)C(=O)[C@@H]2C1. The molecule has 0 saturated carbocycles. The minimum absolute atomic E-state index is 0.00000465. The summed E-state index contributed by atoms with van der Waals surface area (Å²) >= 11 is 0. The first-order valence-electron chi connectivity index (χ1n) is 15.3. The Morgan fingerprint density at radius 2 is 1.83 bits per heavy atom. The van der Waals surface area contributed by atoms with E-state index in [1.54, 1.807) is 11.0 Å². The van der Waals surface area contributed by atoms with Crippen molar-refractivity contribution >= 4 is 17.9 Å². The van der Waals surface area contributed by atoms with E-state index in [2.05, 4.69) is 43.0 Å². The van der Waals surface area contributed by atoms with Crippen molar-refractivity contribution in [3.05, 3.63) is 76.3 Å². The fourth-order valence-corrected chi connectivity index (χ4v) is 7.60. The summed E-state index contributed by atoms with van der Waals surface area (Å²) in [5.41, 5.74) is 5.09. The van der Waals surface area contributed by atoms with Crippen LogP contribution in [0.3, 0.4) is 0 Å². The van der Waals surface area contributed by atoms with Crippen LogP contribution in [0.5, 0.6) is 0 Å². The minimum Gasteiger partial charge on any atom is -0.459 e. The summed E-state index contributed by atoms with van der Waals surface area (Å²) < 4.78 is 12.0. The van der Waals surface area contributed by atoms with Crippen LogP contribution in [0.1, 0.15) is 69.5 Å². The van der Waals surface area contributed by atoms with E-state index in [0.29, 0.717) is 18.8 Å². The van der Waals surface area contributed by atoms with E-state index in [1.165, 1.54) is 22.3 Å². The van der Waals surface area contributed by atoms with Gasteiger partial charge in [-0.05, 0) is 74.8 Å². The Hall–Kier alpha value is -3.00. The number of ether oxygens (including phenoxy) is 1. The standard InChI is InChI=1S/C34H42N2O5/c1-3-24-18-28-32(29-21-40-30(31(24)29)12-9-22(2)17-26-10-11-27(20-37)41-26)34(39)36(33(28)38)25-13-15-35(16-14-25)19-23-7-5-4-6-8-23/h4-8,10-11,17,25,28-30,32,37H,3,9,12-16,18-21H2,1-2H3/b22-17+/t28-,29+,30-,32-/m1/s1. The van der Waals surface area contributed by atoms with Crippen molar-refractivity contribution in [1.82, 2.24) is 9.80 Å². The Labute approximate surface area is 242 Å². The Morgan fingerprint density at radius 1 is 1.05 bits per heavy atom. The maximum absolute atomic E-state index is 13.9. The molecule has 7 heteroatoms. The van der Waals surface area contributed by atoms with E-state index in [9.17, 15) is 14.7 Å². The van der Waals surface area contributed by atoms with Gasteiger partial charge in [0.25, 0.3) is 0 Å². The zero-order valence-electron chi connectivity index (χ0n) is 24.3. The number of hydrogen-bond acceptors (Lipinski definition) is 6. The molecule has 0 radical (unpaired) electrons. The summed E-state index contributed by atoms with van der Waals surface area (Å²) in [7, 11) is 0. The average molecular weight is 559 g/mol. The zero-order chi connectivity index (χ0) is 28.5. The number of hydrogen-bond donors (Lipinski definition) is 1. The predicted molar refractivity (Wildman–Crippen MR) is 156 cm³/mol. The smallest absolute Gasteiger partial charge is 0.234 e. The number of aliphatic hydroxyl groups is 1. The first-order valence-corrected chi connectivity index (χ1v) is 15.3. The van der Waals surface area contributed by atoms with Gasteiger partial charge in [-0.1, -0.05) is 48.4 Å². The Morgan fingerprint density at radius 3 is 2.54 bits per heavy atom. The van der Waals surface area contributed by atoms with E-state index >= 15 is 0 Å². The summed E-state index contributed by atoms with van der Waals surface area (Å²) in [6.07, 6.45) is 6.95. The number of fused-ring (bicyclic) bond motifs is 3. The molecule has 4 aliphatic rings. The lowest BCUT2D eigenvalue weighted by molar-refractivity contribution is -0.144. The molecule has 6 rings (SSSR count). The molecular weight excluding hydrogens is 516 g/mol. The summed E-state index contributed by atoms with van der Waals surface area (Å²) in [5.74, 6) is 0.880. The number of carbonyl (C=O) groups is 2. The first-order chi connectivity index (χ1) is 20.0. The van der Waals surface area contributed by atoms with Gasteiger partial charge >= 0.3 is 0 Å². The number of amides is 2. The van der Waals surface area contributed by atoms with Crippen molar-refractivity contribution in [1.29, 1.82) is 0 Å². The highest BCUT2D eigenvalue weighted by molar-refractivity contribution is 6.06. The molecule has 3 saturated heterocycles. The predicted octanol–water partition coefficient (Wildman–Crippen LogP) is 5.35. The minimum atomic E-state index is -0.281. The molecule has 2 amide bonds. The number of allylic oxidation sites excluding steroid dienone is 2. The molecule has 0 spiro atoms. The summed E-state index contributed by atoms with van der Waals surface area (Å²) in [6, 6.07) is 14.2. The number of likely N-dealkylation sites (tertiary alicyclic amines) is 2. The number of furan rings is 1. The summed E-state index contributed by atoms with van der Waals surface area (Å²) in [6.45, 7) is 7.38. The number of nitrogens with zero attached hydrogens (tertiary/aromatic N) is 2. The maximum Gasteiger partial charge on any atom is 0.234 e. The summed E-state index contributed by atoms with van der Waals surface area (Å²) in [5, 5.41) is 9.25.